The number of rotatable bonds is 3. The van der Waals surface area contributed by atoms with Crippen molar-refractivity contribution in [1.29, 1.82) is 0 Å². The minimum atomic E-state index is -0.510. The molecule has 0 spiro atoms. The summed E-state index contributed by atoms with van der Waals surface area (Å²) in [6.45, 7) is 3.38. The van der Waals surface area contributed by atoms with Crippen molar-refractivity contribution in [2.75, 3.05) is 12.4 Å². The Kier molecular flexibility index (Phi) is 3.50. The number of amides is 1. The van der Waals surface area contributed by atoms with Crippen LogP contribution in [-0.4, -0.2) is 18.2 Å². The van der Waals surface area contributed by atoms with Crippen LogP contribution in [0.2, 0.25) is 0 Å². The second kappa shape index (κ2) is 5.09. The summed E-state index contributed by atoms with van der Waals surface area (Å²) in [6.07, 6.45) is 0. The van der Waals surface area contributed by atoms with Gasteiger partial charge in [0.05, 0.1) is 12.7 Å². The third-order valence-electron chi connectivity index (χ3n) is 2.68. The molecule has 0 atom stereocenters. The number of aromatic nitrogens is 1. The van der Waals surface area contributed by atoms with Gasteiger partial charge >= 0.3 is 0 Å². The Balaban J connectivity index is 2.32. The summed E-state index contributed by atoms with van der Waals surface area (Å²) in [5, 5.41) is 6.36. The number of benzene rings is 1. The first kappa shape index (κ1) is 13.1. The number of carbonyl (C=O) groups is 1. The number of nitrogens with zero attached hydrogens (tertiary/aromatic N) is 1. The number of carbonyl (C=O) groups excluding carboxylic acids is 1. The van der Waals surface area contributed by atoms with Gasteiger partial charge in [-0.05, 0) is 32.0 Å². The molecule has 2 aromatic rings. The zero-order chi connectivity index (χ0) is 14.0. The predicted octanol–water partition coefficient (Wildman–Crippen LogP) is 2.69. The predicted molar refractivity (Wildman–Crippen MR) is 66.9 cm³/mol. The van der Waals surface area contributed by atoms with Crippen molar-refractivity contribution in [3.63, 3.8) is 0 Å². The van der Waals surface area contributed by atoms with Crippen molar-refractivity contribution >= 4 is 11.6 Å². The molecule has 0 saturated carbocycles. The van der Waals surface area contributed by atoms with E-state index in [1.54, 1.807) is 13.8 Å². The van der Waals surface area contributed by atoms with E-state index >= 15 is 0 Å². The highest BCUT2D eigenvalue weighted by atomic mass is 19.1. The van der Waals surface area contributed by atoms with E-state index in [1.807, 2.05) is 0 Å². The van der Waals surface area contributed by atoms with Crippen molar-refractivity contribution in [3.8, 4) is 5.75 Å². The number of ether oxygens (including phenoxy) is 1. The molecule has 1 heterocycles. The Morgan fingerprint density at radius 1 is 1.42 bits per heavy atom. The molecule has 0 aliphatic carbocycles. The molecule has 100 valence electrons. The maximum absolute atomic E-state index is 13.2. The fourth-order valence-corrected chi connectivity index (χ4v) is 1.70. The van der Waals surface area contributed by atoms with E-state index in [-0.39, 0.29) is 5.56 Å². The fraction of sp³-hybridized carbons (Fsp3) is 0.231. The van der Waals surface area contributed by atoms with Gasteiger partial charge in [-0.15, -0.1) is 0 Å². The van der Waals surface area contributed by atoms with Crippen LogP contribution in [0.3, 0.4) is 0 Å². The molecule has 1 amide bonds. The Morgan fingerprint density at radius 3 is 2.74 bits per heavy atom. The van der Waals surface area contributed by atoms with Crippen molar-refractivity contribution < 1.29 is 18.4 Å². The Hall–Kier alpha value is -2.37. The van der Waals surface area contributed by atoms with Gasteiger partial charge in [0.1, 0.15) is 22.9 Å². The van der Waals surface area contributed by atoms with Crippen LogP contribution < -0.4 is 10.1 Å². The van der Waals surface area contributed by atoms with E-state index < -0.39 is 11.7 Å². The quantitative estimate of drug-likeness (QED) is 0.925. The first-order valence-electron chi connectivity index (χ1n) is 5.60. The van der Waals surface area contributed by atoms with Crippen LogP contribution in [0, 0.1) is 19.7 Å². The van der Waals surface area contributed by atoms with Crippen LogP contribution in [0.25, 0.3) is 0 Å². The second-order valence-corrected chi connectivity index (χ2v) is 4.00. The van der Waals surface area contributed by atoms with Crippen molar-refractivity contribution in [2.24, 2.45) is 0 Å². The summed E-state index contributed by atoms with van der Waals surface area (Å²) in [6, 6.07) is 3.75. The smallest absolute Gasteiger partial charge is 0.259 e. The lowest BCUT2D eigenvalue weighted by Crippen LogP contribution is -2.14. The van der Waals surface area contributed by atoms with Crippen molar-refractivity contribution in [1.82, 2.24) is 5.16 Å². The number of anilines is 1. The van der Waals surface area contributed by atoms with Gasteiger partial charge in [-0.25, -0.2) is 4.39 Å². The average Bonchev–Trinajstić information content (AvgIpc) is 2.70. The van der Waals surface area contributed by atoms with Gasteiger partial charge in [0.25, 0.3) is 5.91 Å². The molecule has 1 aromatic heterocycles. The van der Waals surface area contributed by atoms with Gasteiger partial charge in [-0.1, -0.05) is 5.16 Å². The lowest BCUT2D eigenvalue weighted by molar-refractivity contribution is 0.102. The molecule has 5 nitrogen and oxygen atoms in total. The van der Waals surface area contributed by atoms with Gasteiger partial charge in [0, 0.05) is 0 Å². The summed E-state index contributed by atoms with van der Waals surface area (Å²) < 4.78 is 23.2. The molecular formula is C13H13FN2O3. The van der Waals surface area contributed by atoms with Crippen LogP contribution >= 0.6 is 0 Å². The Bertz CT molecular complexity index is 603. The van der Waals surface area contributed by atoms with Gasteiger partial charge in [0.15, 0.2) is 5.76 Å². The van der Waals surface area contributed by atoms with E-state index in [0.29, 0.717) is 22.9 Å². The van der Waals surface area contributed by atoms with Crippen LogP contribution in [0.1, 0.15) is 21.8 Å². The van der Waals surface area contributed by atoms with E-state index in [2.05, 4.69) is 10.5 Å². The molecule has 1 N–H and O–H groups in total. The molecule has 0 bridgehead atoms. The normalized spacial score (nSPS) is 10.3. The van der Waals surface area contributed by atoms with Crippen LogP contribution in [-0.2, 0) is 0 Å². The first-order chi connectivity index (χ1) is 9.02. The zero-order valence-electron chi connectivity index (χ0n) is 10.8. The highest BCUT2D eigenvalue weighted by Gasteiger charge is 2.17. The molecule has 1 aromatic carbocycles. The number of halogens is 1. The van der Waals surface area contributed by atoms with Crippen LogP contribution in [0.15, 0.2) is 22.7 Å². The molecule has 0 unspecified atom stereocenters. The molecule has 6 heteroatoms. The van der Waals surface area contributed by atoms with Crippen molar-refractivity contribution in [2.45, 2.75) is 13.8 Å². The molecular weight excluding hydrogens is 251 g/mol. The molecule has 0 aliphatic rings. The standard InChI is InChI=1S/C13H13FN2O3/c1-7-12(8(2)19-16-7)15-13(17)10-6-9(14)4-5-11(10)18-3/h4-6H,1-3H3,(H,15,17). The van der Waals surface area contributed by atoms with Gasteiger partial charge in [-0.2, -0.15) is 0 Å². The molecule has 2 rings (SSSR count). The Labute approximate surface area is 109 Å². The number of nitrogens with one attached hydrogen (secondary N) is 1. The first-order valence-corrected chi connectivity index (χ1v) is 5.60. The molecule has 0 radical (unpaired) electrons. The molecule has 0 saturated heterocycles. The number of hydrogen-bond donors (Lipinski definition) is 1. The summed E-state index contributed by atoms with van der Waals surface area (Å²) in [7, 11) is 1.42. The minimum Gasteiger partial charge on any atom is -0.496 e. The average molecular weight is 264 g/mol. The van der Waals surface area contributed by atoms with Crippen molar-refractivity contribution in [3.05, 3.63) is 41.0 Å². The summed E-state index contributed by atoms with van der Waals surface area (Å²) >= 11 is 0. The zero-order valence-corrected chi connectivity index (χ0v) is 10.8. The number of methoxy groups -OCH3 is 1. The van der Waals surface area contributed by atoms with Crippen LogP contribution in [0.5, 0.6) is 5.75 Å². The number of hydrogen-bond acceptors (Lipinski definition) is 4. The molecule has 0 aliphatic heterocycles. The highest BCUT2D eigenvalue weighted by Crippen LogP contribution is 2.23. The lowest BCUT2D eigenvalue weighted by atomic mass is 10.1. The lowest BCUT2D eigenvalue weighted by Gasteiger charge is -2.09. The topological polar surface area (TPSA) is 64.4 Å². The highest BCUT2D eigenvalue weighted by molar-refractivity contribution is 6.06. The fourth-order valence-electron chi connectivity index (χ4n) is 1.70. The molecule has 0 fully saturated rings. The SMILES string of the molecule is COc1ccc(F)cc1C(=O)Nc1c(C)noc1C. The summed E-state index contributed by atoms with van der Waals surface area (Å²) in [5.74, 6) is -0.206. The largest absolute Gasteiger partial charge is 0.496 e. The van der Waals surface area contributed by atoms with E-state index in [9.17, 15) is 9.18 Å². The van der Waals surface area contributed by atoms with E-state index in [4.69, 9.17) is 9.26 Å². The monoisotopic (exact) mass is 264 g/mol. The Morgan fingerprint density at radius 2 is 2.16 bits per heavy atom. The van der Waals surface area contributed by atoms with Gasteiger partial charge in [0.2, 0.25) is 0 Å². The summed E-state index contributed by atoms with van der Waals surface area (Å²) in [4.78, 5) is 12.1. The maximum Gasteiger partial charge on any atom is 0.259 e. The second-order valence-electron chi connectivity index (χ2n) is 4.00. The summed E-state index contributed by atoms with van der Waals surface area (Å²) in [5.41, 5.74) is 1.15. The van der Waals surface area contributed by atoms with E-state index in [0.717, 1.165) is 6.07 Å². The maximum atomic E-state index is 13.2. The van der Waals surface area contributed by atoms with Gasteiger partial charge in [-0.3, -0.25) is 4.79 Å². The third kappa shape index (κ3) is 2.57. The van der Waals surface area contributed by atoms with Gasteiger partial charge < -0.3 is 14.6 Å². The third-order valence-corrected chi connectivity index (χ3v) is 2.68. The molecule has 19 heavy (non-hydrogen) atoms. The minimum absolute atomic E-state index is 0.113. The number of aryl methyl sites for hydroxylation is 2. The van der Waals surface area contributed by atoms with E-state index in [1.165, 1.54) is 19.2 Å². The van der Waals surface area contributed by atoms with Crippen LogP contribution in [0.4, 0.5) is 10.1 Å².